The van der Waals surface area contributed by atoms with Crippen molar-refractivity contribution < 1.29 is 13.2 Å². The third-order valence-electron chi connectivity index (χ3n) is 2.76. The normalized spacial score (nSPS) is 11.2. The summed E-state index contributed by atoms with van der Waals surface area (Å²) in [7, 11) is -3.71. The van der Waals surface area contributed by atoms with E-state index in [0.29, 0.717) is 18.5 Å². The molecule has 0 aliphatic heterocycles. The Labute approximate surface area is 132 Å². The summed E-state index contributed by atoms with van der Waals surface area (Å²) in [5.41, 5.74) is 0.551. The number of nitrogens with zero attached hydrogens (tertiary/aromatic N) is 2. The van der Waals surface area contributed by atoms with Crippen molar-refractivity contribution in [2.24, 2.45) is 0 Å². The molecule has 0 aliphatic rings. The highest BCUT2D eigenvalue weighted by Crippen LogP contribution is 2.21. The van der Waals surface area contributed by atoms with E-state index in [1.54, 1.807) is 19.1 Å². The molecule has 0 fully saturated rings. The van der Waals surface area contributed by atoms with Gasteiger partial charge in [-0.2, -0.15) is 0 Å². The number of anilines is 2. The Hall–Kier alpha value is -2.00. The van der Waals surface area contributed by atoms with E-state index in [9.17, 15) is 13.2 Å². The molecule has 7 nitrogen and oxygen atoms in total. The van der Waals surface area contributed by atoms with Gasteiger partial charge in [0.05, 0.1) is 4.90 Å². The molecule has 9 heteroatoms. The number of carbonyl (C=O) groups excluding carboxylic acids is 1. The zero-order valence-corrected chi connectivity index (χ0v) is 13.8. The molecule has 1 heterocycles. The molecule has 118 valence electrons. The van der Waals surface area contributed by atoms with Crippen molar-refractivity contribution in [3.63, 3.8) is 0 Å². The van der Waals surface area contributed by atoms with Gasteiger partial charge in [-0.3, -0.25) is 9.52 Å². The molecule has 0 aliphatic carbocycles. The number of aromatic nitrogens is 2. The first-order valence-corrected chi connectivity index (χ1v) is 8.99. The summed E-state index contributed by atoms with van der Waals surface area (Å²) in [6.45, 7) is 3.66. The molecule has 1 aromatic carbocycles. The van der Waals surface area contributed by atoms with Crippen molar-refractivity contribution in [1.29, 1.82) is 0 Å². The smallest absolute Gasteiger partial charge is 0.263 e. The molecular formula is C13H16N4O3S2. The first-order chi connectivity index (χ1) is 10.4. The van der Waals surface area contributed by atoms with Crippen LogP contribution in [0.25, 0.3) is 0 Å². The van der Waals surface area contributed by atoms with Crippen LogP contribution in [0.4, 0.5) is 10.8 Å². The second-order valence-corrected chi connectivity index (χ2v) is 7.13. The van der Waals surface area contributed by atoms with E-state index in [1.807, 2.05) is 6.92 Å². The summed E-state index contributed by atoms with van der Waals surface area (Å²) in [5, 5.41) is 11.3. The van der Waals surface area contributed by atoms with Crippen LogP contribution in [0.15, 0.2) is 29.2 Å². The summed E-state index contributed by atoms with van der Waals surface area (Å²) in [6, 6.07) is 5.93. The van der Waals surface area contributed by atoms with Crippen LogP contribution >= 0.6 is 11.3 Å². The maximum Gasteiger partial charge on any atom is 0.263 e. The molecule has 2 rings (SSSR count). The number of sulfonamides is 1. The van der Waals surface area contributed by atoms with Gasteiger partial charge >= 0.3 is 0 Å². The van der Waals surface area contributed by atoms with Crippen molar-refractivity contribution in [1.82, 2.24) is 10.2 Å². The fraction of sp³-hybridized carbons (Fsp3) is 0.308. The Morgan fingerprint density at radius 3 is 2.41 bits per heavy atom. The van der Waals surface area contributed by atoms with Gasteiger partial charge in [-0.25, -0.2) is 8.42 Å². The largest absolute Gasteiger partial charge is 0.326 e. The minimum absolute atomic E-state index is 0.0928. The number of carbonyl (C=O) groups is 1. The van der Waals surface area contributed by atoms with Crippen LogP contribution in [0.5, 0.6) is 0 Å². The van der Waals surface area contributed by atoms with Crippen molar-refractivity contribution >= 4 is 38.1 Å². The van der Waals surface area contributed by atoms with Gasteiger partial charge in [0, 0.05) is 12.1 Å². The van der Waals surface area contributed by atoms with Gasteiger partial charge in [0.25, 0.3) is 10.0 Å². The Balaban J connectivity index is 2.13. The topological polar surface area (TPSA) is 101 Å². The number of rotatable bonds is 6. The van der Waals surface area contributed by atoms with Gasteiger partial charge in [-0.15, -0.1) is 10.2 Å². The van der Waals surface area contributed by atoms with Crippen LogP contribution in [0.1, 0.15) is 25.3 Å². The molecule has 0 saturated carbocycles. The molecule has 0 radical (unpaired) electrons. The second-order valence-electron chi connectivity index (χ2n) is 4.39. The summed E-state index contributed by atoms with van der Waals surface area (Å²) in [6.07, 6.45) is 1.06. The van der Waals surface area contributed by atoms with Crippen molar-refractivity contribution in [3.05, 3.63) is 29.3 Å². The molecule has 22 heavy (non-hydrogen) atoms. The zero-order chi connectivity index (χ0) is 16.2. The highest BCUT2D eigenvalue weighted by Gasteiger charge is 2.16. The van der Waals surface area contributed by atoms with Crippen molar-refractivity contribution in [3.8, 4) is 0 Å². The fourth-order valence-corrected chi connectivity index (χ4v) is 3.49. The van der Waals surface area contributed by atoms with E-state index >= 15 is 0 Å². The number of aryl methyl sites for hydroxylation is 1. The van der Waals surface area contributed by atoms with Gasteiger partial charge in [0.15, 0.2) is 0 Å². The zero-order valence-electron chi connectivity index (χ0n) is 12.2. The van der Waals surface area contributed by atoms with Crippen LogP contribution in [0.2, 0.25) is 0 Å². The number of hydrogen-bond acceptors (Lipinski definition) is 6. The average molecular weight is 340 g/mol. The summed E-state index contributed by atoms with van der Waals surface area (Å²) in [5.74, 6) is -0.130. The van der Waals surface area contributed by atoms with Crippen molar-refractivity contribution in [2.45, 2.75) is 31.6 Å². The summed E-state index contributed by atoms with van der Waals surface area (Å²) in [4.78, 5) is 11.4. The van der Waals surface area contributed by atoms with Crippen LogP contribution < -0.4 is 10.0 Å². The average Bonchev–Trinajstić information content (AvgIpc) is 2.94. The maximum atomic E-state index is 12.2. The van der Waals surface area contributed by atoms with Gasteiger partial charge in [0.2, 0.25) is 11.0 Å². The van der Waals surface area contributed by atoms with Crippen molar-refractivity contribution in [2.75, 3.05) is 10.0 Å². The lowest BCUT2D eigenvalue weighted by Crippen LogP contribution is -2.13. The Kier molecular flexibility index (Phi) is 5.09. The molecular weight excluding hydrogens is 324 g/mol. The monoisotopic (exact) mass is 340 g/mol. The minimum atomic E-state index is -3.71. The van der Waals surface area contributed by atoms with E-state index in [2.05, 4.69) is 20.2 Å². The van der Waals surface area contributed by atoms with E-state index in [0.717, 1.165) is 5.01 Å². The van der Waals surface area contributed by atoms with Gasteiger partial charge in [-0.05, 0) is 30.7 Å². The molecule has 0 bridgehead atoms. The minimum Gasteiger partial charge on any atom is -0.326 e. The highest BCUT2D eigenvalue weighted by atomic mass is 32.2. The SMILES string of the molecule is CCC(=O)Nc1ccc(S(=O)(=O)Nc2nnc(CC)s2)cc1. The fourth-order valence-electron chi connectivity index (χ4n) is 1.58. The highest BCUT2D eigenvalue weighted by molar-refractivity contribution is 7.93. The lowest BCUT2D eigenvalue weighted by Gasteiger charge is -2.07. The predicted molar refractivity (Wildman–Crippen MR) is 85.5 cm³/mol. The standard InChI is InChI=1S/C13H16N4O3S2/c1-3-11(18)14-9-5-7-10(8-6-9)22(19,20)17-13-16-15-12(4-2)21-13/h5-8H,3-4H2,1-2H3,(H,14,18)(H,16,17). The molecule has 0 saturated heterocycles. The first-order valence-electron chi connectivity index (χ1n) is 6.69. The predicted octanol–water partition coefficient (Wildman–Crippen LogP) is 2.25. The summed E-state index contributed by atoms with van der Waals surface area (Å²) >= 11 is 1.20. The lowest BCUT2D eigenvalue weighted by molar-refractivity contribution is -0.115. The first kappa shape index (κ1) is 16.4. The van der Waals surface area contributed by atoms with Gasteiger partial charge in [-0.1, -0.05) is 25.2 Å². The van der Waals surface area contributed by atoms with E-state index < -0.39 is 10.0 Å². The quantitative estimate of drug-likeness (QED) is 0.840. The van der Waals surface area contributed by atoms with Crippen LogP contribution in [0, 0.1) is 0 Å². The molecule has 2 N–H and O–H groups in total. The Morgan fingerprint density at radius 1 is 1.18 bits per heavy atom. The molecule has 1 aromatic heterocycles. The molecule has 1 amide bonds. The number of hydrogen-bond donors (Lipinski definition) is 2. The van der Waals surface area contributed by atoms with Gasteiger partial charge < -0.3 is 5.32 Å². The molecule has 0 spiro atoms. The van der Waals surface area contributed by atoms with Crippen LogP contribution in [0.3, 0.4) is 0 Å². The summed E-state index contributed by atoms with van der Waals surface area (Å²) < 4.78 is 26.8. The number of amides is 1. The van der Waals surface area contributed by atoms with Crippen LogP contribution in [-0.4, -0.2) is 24.5 Å². The third-order valence-corrected chi connectivity index (χ3v) is 5.23. The number of nitrogens with one attached hydrogen (secondary N) is 2. The second kappa shape index (κ2) is 6.84. The number of benzene rings is 1. The molecule has 0 atom stereocenters. The molecule has 2 aromatic rings. The Bertz CT molecular complexity index is 754. The molecule has 0 unspecified atom stereocenters. The van der Waals surface area contributed by atoms with E-state index in [-0.39, 0.29) is 15.9 Å². The van der Waals surface area contributed by atoms with E-state index in [1.165, 1.54) is 23.5 Å². The Morgan fingerprint density at radius 2 is 1.86 bits per heavy atom. The maximum absolute atomic E-state index is 12.2. The lowest BCUT2D eigenvalue weighted by atomic mass is 10.3. The van der Waals surface area contributed by atoms with Gasteiger partial charge in [0.1, 0.15) is 5.01 Å². The third kappa shape index (κ3) is 4.01. The van der Waals surface area contributed by atoms with Crippen LogP contribution in [-0.2, 0) is 21.2 Å². The van der Waals surface area contributed by atoms with E-state index in [4.69, 9.17) is 0 Å².